The second-order valence-corrected chi connectivity index (χ2v) is 12.3. The van der Waals surface area contributed by atoms with Gasteiger partial charge in [0.15, 0.2) is 0 Å². The maximum atomic E-state index is 6.89. The Hall–Kier alpha value is -4.24. The molecule has 0 saturated carbocycles. The monoisotopic (exact) mass is 517 g/mol. The molecule has 0 saturated heterocycles. The van der Waals surface area contributed by atoms with Crippen molar-refractivity contribution in [2.24, 2.45) is 0 Å². The highest BCUT2D eigenvalue weighted by Gasteiger charge is 2.41. The lowest BCUT2D eigenvalue weighted by Gasteiger charge is -2.35. The van der Waals surface area contributed by atoms with Crippen LogP contribution in [0.3, 0.4) is 0 Å². The summed E-state index contributed by atoms with van der Waals surface area (Å²) in [5, 5.41) is 2.66. The number of aryl methyl sites for hydroxylation is 7. The Bertz CT molecular complexity index is 2090. The van der Waals surface area contributed by atoms with Gasteiger partial charge in [-0.2, -0.15) is 0 Å². The minimum atomic E-state index is 0.129. The third kappa shape index (κ3) is 3.06. The Morgan fingerprint density at radius 2 is 1.23 bits per heavy atom. The van der Waals surface area contributed by atoms with Crippen molar-refractivity contribution in [2.45, 2.75) is 48.5 Å². The largest absolute Gasteiger partial charge is 0.458 e. The number of hydrogen-bond donors (Lipinski definition) is 0. The van der Waals surface area contributed by atoms with Gasteiger partial charge in [-0.05, 0) is 129 Å². The lowest BCUT2D eigenvalue weighted by molar-refractivity contribution is 0.486. The first-order valence-corrected chi connectivity index (χ1v) is 14.3. The Morgan fingerprint density at radius 3 is 2.00 bits per heavy atom. The predicted molar refractivity (Wildman–Crippen MR) is 171 cm³/mol. The van der Waals surface area contributed by atoms with Crippen molar-refractivity contribution in [1.29, 1.82) is 0 Å². The highest BCUT2D eigenvalue weighted by Crippen LogP contribution is 2.41. The van der Waals surface area contributed by atoms with Crippen molar-refractivity contribution in [1.82, 2.24) is 4.57 Å². The van der Waals surface area contributed by atoms with E-state index in [9.17, 15) is 0 Å². The minimum absolute atomic E-state index is 0.129. The quantitative estimate of drug-likeness (QED) is 0.205. The van der Waals surface area contributed by atoms with E-state index in [0.29, 0.717) is 0 Å². The van der Waals surface area contributed by atoms with Crippen LogP contribution in [0, 0.1) is 48.5 Å². The maximum absolute atomic E-state index is 6.89. The molecule has 0 N–H and O–H groups in total. The summed E-state index contributed by atoms with van der Waals surface area (Å²) >= 11 is 0. The van der Waals surface area contributed by atoms with Crippen LogP contribution in [0.2, 0.25) is 0 Å². The first kappa shape index (κ1) is 23.6. The molecule has 2 nitrogen and oxygen atoms in total. The summed E-state index contributed by atoms with van der Waals surface area (Å²) in [5.41, 5.74) is 19.3. The summed E-state index contributed by atoms with van der Waals surface area (Å²) in [6.45, 7) is 15.6. The molecule has 5 aromatic carbocycles. The lowest BCUT2D eigenvalue weighted by atomic mass is 9.33. The van der Waals surface area contributed by atoms with Crippen LogP contribution in [0.1, 0.15) is 38.9 Å². The number of ether oxygens (including phenoxy) is 1. The summed E-state index contributed by atoms with van der Waals surface area (Å²) < 4.78 is 9.41. The van der Waals surface area contributed by atoms with E-state index >= 15 is 0 Å². The van der Waals surface area contributed by atoms with Crippen LogP contribution < -0.4 is 21.1 Å². The lowest BCUT2D eigenvalue weighted by Crippen LogP contribution is -2.59. The van der Waals surface area contributed by atoms with Gasteiger partial charge in [0.25, 0.3) is 6.71 Å². The van der Waals surface area contributed by atoms with E-state index in [0.717, 1.165) is 11.5 Å². The van der Waals surface area contributed by atoms with Gasteiger partial charge in [0, 0.05) is 22.0 Å². The molecular weight excluding hydrogens is 485 g/mol. The third-order valence-electron chi connectivity index (χ3n) is 9.12. The third-order valence-corrected chi connectivity index (χ3v) is 9.12. The molecule has 40 heavy (non-hydrogen) atoms. The van der Waals surface area contributed by atoms with Crippen molar-refractivity contribution in [3.63, 3.8) is 0 Å². The molecule has 8 rings (SSSR count). The molecule has 0 fully saturated rings. The van der Waals surface area contributed by atoms with Crippen molar-refractivity contribution in [3.8, 4) is 28.3 Å². The van der Waals surface area contributed by atoms with Gasteiger partial charge in [-0.25, -0.2) is 0 Å². The van der Waals surface area contributed by atoms with Crippen LogP contribution in [0.4, 0.5) is 0 Å². The zero-order valence-electron chi connectivity index (χ0n) is 24.3. The molecule has 2 aliphatic heterocycles. The summed E-state index contributed by atoms with van der Waals surface area (Å²) in [6.07, 6.45) is 0. The van der Waals surface area contributed by atoms with Gasteiger partial charge >= 0.3 is 0 Å². The van der Waals surface area contributed by atoms with E-state index in [2.05, 4.69) is 120 Å². The minimum Gasteiger partial charge on any atom is -0.458 e. The van der Waals surface area contributed by atoms with E-state index < -0.39 is 0 Å². The molecule has 1 aromatic heterocycles. The van der Waals surface area contributed by atoms with Gasteiger partial charge in [-0.15, -0.1) is 0 Å². The molecule has 6 aromatic rings. The fraction of sp³-hybridized carbons (Fsp3) is 0.189. The number of fused-ring (bicyclic) bond motifs is 7. The highest BCUT2D eigenvalue weighted by molar-refractivity contribution is 6.99. The number of hydrogen-bond acceptors (Lipinski definition) is 1. The first-order valence-electron chi connectivity index (χ1n) is 14.3. The van der Waals surface area contributed by atoms with Crippen LogP contribution in [0.15, 0.2) is 66.7 Å². The zero-order valence-corrected chi connectivity index (χ0v) is 24.3. The summed E-state index contributed by atoms with van der Waals surface area (Å²) in [4.78, 5) is 0. The van der Waals surface area contributed by atoms with Crippen LogP contribution in [0.5, 0.6) is 11.5 Å². The van der Waals surface area contributed by atoms with Crippen molar-refractivity contribution >= 4 is 44.9 Å². The van der Waals surface area contributed by atoms with Gasteiger partial charge in [0.2, 0.25) is 0 Å². The highest BCUT2D eigenvalue weighted by atomic mass is 16.5. The topological polar surface area (TPSA) is 14.2 Å². The fourth-order valence-electron chi connectivity index (χ4n) is 7.83. The Balaban J connectivity index is 1.58. The molecule has 0 unspecified atom stereocenters. The van der Waals surface area contributed by atoms with Gasteiger partial charge in [0.1, 0.15) is 11.5 Å². The average Bonchev–Trinajstić information content (AvgIpc) is 3.19. The van der Waals surface area contributed by atoms with Crippen LogP contribution in [-0.4, -0.2) is 11.3 Å². The van der Waals surface area contributed by atoms with Crippen molar-refractivity contribution < 1.29 is 4.74 Å². The molecule has 3 heteroatoms. The van der Waals surface area contributed by atoms with E-state index in [1.54, 1.807) is 0 Å². The van der Waals surface area contributed by atoms with Crippen molar-refractivity contribution in [2.75, 3.05) is 0 Å². The molecule has 2 aliphatic rings. The van der Waals surface area contributed by atoms with E-state index in [1.807, 2.05) is 0 Å². The molecule has 0 radical (unpaired) electrons. The molecule has 0 aliphatic carbocycles. The molecule has 0 atom stereocenters. The average molecular weight is 517 g/mol. The molecule has 0 bridgehead atoms. The molecule has 0 spiro atoms. The van der Waals surface area contributed by atoms with E-state index in [1.165, 1.54) is 94.0 Å². The Kier molecular flexibility index (Phi) is 4.68. The second kappa shape index (κ2) is 7.91. The smallest absolute Gasteiger partial charge is 0.256 e. The normalized spacial score (nSPS) is 13.0. The number of rotatable bonds is 1. The Labute approximate surface area is 236 Å². The molecule has 194 valence electrons. The number of benzene rings is 5. The summed E-state index contributed by atoms with van der Waals surface area (Å²) in [5.74, 6) is 1.97. The second-order valence-electron chi connectivity index (χ2n) is 12.3. The van der Waals surface area contributed by atoms with Gasteiger partial charge in [0.05, 0.1) is 5.52 Å². The van der Waals surface area contributed by atoms with Gasteiger partial charge in [-0.3, -0.25) is 0 Å². The number of nitrogens with zero attached hydrogens (tertiary/aromatic N) is 1. The van der Waals surface area contributed by atoms with E-state index in [4.69, 9.17) is 4.74 Å². The van der Waals surface area contributed by atoms with E-state index in [-0.39, 0.29) is 6.71 Å². The first-order chi connectivity index (χ1) is 19.2. The molecule has 0 amide bonds. The van der Waals surface area contributed by atoms with Crippen LogP contribution in [-0.2, 0) is 0 Å². The fourth-order valence-corrected chi connectivity index (χ4v) is 7.83. The zero-order chi connectivity index (χ0) is 27.6. The Morgan fingerprint density at radius 1 is 0.575 bits per heavy atom. The number of aromatic nitrogens is 1. The molecule has 3 heterocycles. The molecular formula is C37H32BNO. The summed E-state index contributed by atoms with van der Waals surface area (Å²) in [6, 6.07) is 25.5. The van der Waals surface area contributed by atoms with Gasteiger partial charge < -0.3 is 9.30 Å². The SMILES string of the molecule is Cc1cc(C)c(-c2cc3c4c(c2)-n2c5ccc(C)cc5c5cc(C)cc(c52)B4c2c(C)cc(C)cc2O3)c(C)c1. The van der Waals surface area contributed by atoms with Crippen molar-refractivity contribution in [3.05, 3.63) is 106 Å². The van der Waals surface area contributed by atoms with Crippen LogP contribution >= 0.6 is 0 Å². The van der Waals surface area contributed by atoms with Crippen LogP contribution in [0.25, 0.3) is 38.6 Å². The van der Waals surface area contributed by atoms with Gasteiger partial charge in [-0.1, -0.05) is 52.6 Å². The standard InChI is InChI=1S/C37H32BNO/c1-19-8-9-30-27(13-19)28-14-22(4)15-29-37(28)39(30)31-17-26(34-23(5)10-20(2)11-24(34)6)18-33-36(31)38(29)35-25(7)12-21(3)16-32(35)40-33/h8-18H,1-7H3. The maximum Gasteiger partial charge on any atom is 0.256 e. The summed E-state index contributed by atoms with van der Waals surface area (Å²) in [7, 11) is 0. The predicted octanol–water partition coefficient (Wildman–Crippen LogP) is 7.54.